The van der Waals surface area contributed by atoms with Crippen molar-refractivity contribution in [1.29, 1.82) is 0 Å². The second-order valence-corrected chi connectivity index (χ2v) is 24.0. The van der Waals surface area contributed by atoms with E-state index in [-0.39, 0.29) is 105 Å². The number of hydrogen-bond donors (Lipinski definition) is 13. The quantitative estimate of drug-likeness (QED) is 0.0835. The van der Waals surface area contributed by atoms with Crippen LogP contribution in [0.2, 0.25) is 10.0 Å². The molecule has 6 amide bonds. The number of benzene rings is 7. The molecule has 8 heterocycles. The van der Waals surface area contributed by atoms with Gasteiger partial charge in [0.1, 0.15) is 82.6 Å². The fourth-order valence-corrected chi connectivity index (χ4v) is 12.3. The Morgan fingerprint density at radius 2 is 1.09 bits per heavy atom. The number of cyclic esters (lactones) is 2. The number of amides is 6. The van der Waals surface area contributed by atoms with E-state index in [1.807, 2.05) is 0 Å². The number of rotatable bonds is 4. The van der Waals surface area contributed by atoms with Crippen LogP contribution in [-0.2, 0) is 63.8 Å². The van der Waals surface area contributed by atoms with Crippen LogP contribution in [-0.4, -0.2) is 121 Å². The van der Waals surface area contributed by atoms with Crippen molar-refractivity contribution in [3.63, 3.8) is 0 Å². The lowest BCUT2D eigenvalue weighted by atomic mass is 9.89. The molecule has 14 N–H and O–H groups in total. The van der Waals surface area contributed by atoms with E-state index >= 15 is 24.0 Å². The summed E-state index contributed by atoms with van der Waals surface area (Å²) in [6, 6.07) is 8.18. The van der Waals surface area contributed by atoms with Crippen LogP contribution in [0.5, 0.6) is 69.0 Å². The SMILES string of the molecule is N[C@@H]1C(=O)N[C@@H]2Cc3ccc(c(Cl)c3)Oc3cc4cc(c3OC3CCOC3=O)Oc3ccc(cc3Cl)[C@@H](O)[C@@H]3NC(=O)[C@H](NC(=O)[C@@H]4NC(=O)[C@@H](NC2=O)c2cc(O)cc(c2)Oc2cc1ccc2O)c1ccc(O)c(c1)-c1c(O)cc(O)cc1[C@@H](C(=O)OC1CCOC1=O)NC3=O. The van der Waals surface area contributed by atoms with Crippen molar-refractivity contribution in [2.24, 2.45) is 5.73 Å². The second kappa shape index (κ2) is 25.7. The molecule has 7 aromatic rings. The van der Waals surface area contributed by atoms with E-state index < -0.39 is 165 Å². The Bertz CT molecular complexity index is 4530. The van der Waals surface area contributed by atoms with E-state index in [4.69, 9.17) is 62.1 Å². The van der Waals surface area contributed by atoms with Gasteiger partial charge < -0.3 is 101 Å². The molecule has 498 valence electrons. The lowest BCUT2D eigenvalue weighted by Gasteiger charge is -2.31. The third kappa shape index (κ3) is 12.7. The van der Waals surface area contributed by atoms with Crippen molar-refractivity contribution >= 4 is 76.6 Å². The van der Waals surface area contributed by atoms with Crippen LogP contribution in [0.3, 0.4) is 0 Å². The van der Waals surface area contributed by atoms with Crippen LogP contribution in [0, 0.1) is 0 Å². The minimum Gasteiger partial charge on any atom is -0.508 e. The number of esters is 3. The van der Waals surface area contributed by atoms with Gasteiger partial charge in [0.15, 0.2) is 35.1 Å². The van der Waals surface area contributed by atoms with Gasteiger partial charge in [-0.25, -0.2) is 14.4 Å². The zero-order valence-corrected chi connectivity index (χ0v) is 51.3. The highest BCUT2D eigenvalue weighted by Crippen LogP contribution is 2.49. The van der Waals surface area contributed by atoms with Gasteiger partial charge >= 0.3 is 17.9 Å². The van der Waals surface area contributed by atoms with E-state index in [1.54, 1.807) is 0 Å². The molecule has 31 heteroatoms. The Hall–Kier alpha value is -11.5. The number of phenolic OH excluding ortho intramolecular Hbond substituents is 5. The Morgan fingerprint density at radius 1 is 0.505 bits per heavy atom. The van der Waals surface area contributed by atoms with E-state index in [0.717, 1.165) is 54.6 Å². The van der Waals surface area contributed by atoms with Crippen LogP contribution in [0.1, 0.15) is 88.1 Å². The predicted octanol–water partition coefficient (Wildman–Crippen LogP) is 4.75. The molecule has 2 fully saturated rings. The number of phenols is 5. The summed E-state index contributed by atoms with van der Waals surface area (Å²) in [6.45, 7) is -0.245. The summed E-state index contributed by atoms with van der Waals surface area (Å²) in [5.41, 5.74) is 4.36. The van der Waals surface area contributed by atoms with E-state index in [1.165, 1.54) is 60.7 Å². The van der Waals surface area contributed by atoms with E-state index in [9.17, 15) is 49.8 Å². The maximum Gasteiger partial charge on any atom is 0.347 e. The van der Waals surface area contributed by atoms with Gasteiger partial charge in [-0.3, -0.25) is 28.8 Å². The molecule has 8 aliphatic heterocycles. The molecule has 7 aromatic carbocycles. The maximum absolute atomic E-state index is 16.1. The number of ether oxygens (including phenoxy) is 7. The molecule has 97 heavy (non-hydrogen) atoms. The third-order valence-corrected chi connectivity index (χ3v) is 17.3. The molecular formula is C66H53Cl2N7O22. The molecule has 10 atom stereocenters. The topological polar surface area (TPSA) is 438 Å². The number of aromatic hydroxyl groups is 5. The molecular weight excluding hydrogens is 1310 g/mol. The Kier molecular flexibility index (Phi) is 17.0. The average molecular weight is 1370 g/mol. The van der Waals surface area contributed by atoms with Crippen LogP contribution < -0.4 is 56.6 Å². The van der Waals surface area contributed by atoms with Gasteiger partial charge in [-0.1, -0.05) is 47.5 Å². The van der Waals surface area contributed by atoms with Crippen molar-refractivity contribution in [3.05, 3.63) is 164 Å². The van der Waals surface area contributed by atoms with Crippen molar-refractivity contribution in [1.82, 2.24) is 31.9 Å². The largest absolute Gasteiger partial charge is 0.508 e. The first kappa shape index (κ1) is 64.2. The average Bonchev–Trinajstić information content (AvgIpc) is 1.60. The third-order valence-electron chi connectivity index (χ3n) is 16.7. The highest BCUT2D eigenvalue weighted by Gasteiger charge is 2.44. The Balaban J connectivity index is 1.04. The number of aliphatic hydroxyl groups is 1. The minimum atomic E-state index is -2.26. The van der Waals surface area contributed by atoms with Crippen molar-refractivity contribution in [2.45, 2.75) is 79.9 Å². The second-order valence-electron chi connectivity index (χ2n) is 23.2. The minimum absolute atomic E-state index is 0.0180. The van der Waals surface area contributed by atoms with Gasteiger partial charge in [0.05, 0.1) is 23.3 Å². The summed E-state index contributed by atoms with van der Waals surface area (Å²) in [7, 11) is 0. The standard InChI is InChI=1S/C66H53Cl2N7O22/c67-36-13-25-1-7-42(36)94-47-20-30-21-48(57(47)96-44-9-11-91-64(44)88)95-43-8-4-28(18-37(43)68)56(81)55-63(87)74-54(66(90)97-45-10-12-92-65(45)89)35-23-32(77)24-41(80)49(35)34-17-27(3-5-39(34)78)51(60(84)75-55)72-62(86)53(30)73-61(85)52-29-15-31(76)22-33(16-29)93-46-19-26(2-6-40(46)79)50(69)59(83)70-38(14-25)58(82)71-52/h1-8,13,15-24,38,44-45,50-56,76-81H,9-12,14,69H2,(H,70,83)(H,71,82)(H,72,86)(H,73,85)(H,74,87)(H,75,84)/t38-,44?,45?,50+,51-,52+,53-,54+,55+,56-/m1/s1. The van der Waals surface area contributed by atoms with Gasteiger partial charge in [0.2, 0.25) is 47.3 Å². The first-order chi connectivity index (χ1) is 46.4. The molecule has 17 bridgehead atoms. The molecule has 0 spiro atoms. The van der Waals surface area contributed by atoms with Crippen LogP contribution in [0.15, 0.2) is 115 Å². The highest BCUT2D eigenvalue weighted by atomic mass is 35.5. The number of carbonyl (C=O) groups is 9. The highest BCUT2D eigenvalue weighted by molar-refractivity contribution is 6.32. The van der Waals surface area contributed by atoms with Gasteiger partial charge in [-0.05, 0) is 112 Å². The lowest BCUT2D eigenvalue weighted by molar-refractivity contribution is -0.162. The number of nitrogens with two attached hydrogens (primary N) is 1. The Morgan fingerprint density at radius 3 is 1.76 bits per heavy atom. The fraction of sp³-hybridized carbons (Fsp3) is 0.227. The summed E-state index contributed by atoms with van der Waals surface area (Å²) in [5.74, 6) is -16.0. The monoisotopic (exact) mass is 1370 g/mol. The van der Waals surface area contributed by atoms with Crippen molar-refractivity contribution in [2.75, 3.05) is 13.2 Å². The first-order valence-corrected chi connectivity index (χ1v) is 30.5. The number of halogens is 2. The summed E-state index contributed by atoms with van der Waals surface area (Å²) in [4.78, 5) is 132. The number of hydrogen-bond acceptors (Lipinski definition) is 23. The fourth-order valence-electron chi connectivity index (χ4n) is 11.8. The van der Waals surface area contributed by atoms with Crippen molar-refractivity contribution in [3.8, 4) is 80.1 Å². The summed E-state index contributed by atoms with van der Waals surface area (Å²) < 4.78 is 41.3. The van der Waals surface area contributed by atoms with Gasteiger partial charge in [-0.2, -0.15) is 0 Å². The van der Waals surface area contributed by atoms with E-state index in [2.05, 4.69) is 31.9 Å². The van der Waals surface area contributed by atoms with Crippen LogP contribution in [0.25, 0.3) is 11.1 Å². The smallest absolute Gasteiger partial charge is 0.347 e. The molecule has 0 radical (unpaired) electrons. The van der Waals surface area contributed by atoms with Gasteiger partial charge in [0, 0.05) is 48.1 Å². The number of aliphatic hydroxyl groups excluding tert-OH is 1. The number of carbonyl (C=O) groups excluding carboxylic acids is 9. The van der Waals surface area contributed by atoms with Gasteiger partial charge in [0.25, 0.3) is 0 Å². The van der Waals surface area contributed by atoms with E-state index in [0.29, 0.717) is 5.56 Å². The van der Waals surface area contributed by atoms with Crippen LogP contribution >= 0.6 is 23.2 Å². The predicted molar refractivity (Wildman–Crippen MR) is 331 cm³/mol. The van der Waals surface area contributed by atoms with Crippen LogP contribution in [0.4, 0.5) is 0 Å². The maximum atomic E-state index is 16.1. The first-order valence-electron chi connectivity index (χ1n) is 29.7. The van der Waals surface area contributed by atoms with Gasteiger partial charge in [-0.15, -0.1) is 0 Å². The Labute approximate surface area is 556 Å². The zero-order valence-electron chi connectivity index (χ0n) is 49.8. The normalized spacial score (nSPS) is 23.8. The molecule has 2 saturated heterocycles. The molecule has 15 rings (SSSR count). The zero-order chi connectivity index (χ0) is 68.4. The molecule has 0 aromatic heterocycles. The molecule has 0 saturated carbocycles. The summed E-state index contributed by atoms with van der Waals surface area (Å²) in [6.07, 6.45) is -5.58. The molecule has 8 aliphatic rings. The molecule has 0 aliphatic carbocycles. The number of nitrogens with one attached hydrogen (secondary N) is 6. The van der Waals surface area contributed by atoms with Crippen molar-refractivity contribution < 1.29 is 107 Å². The lowest BCUT2D eigenvalue weighted by Crippen LogP contribution is -2.55. The summed E-state index contributed by atoms with van der Waals surface area (Å²) in [5, 5.41) is 84.3. The number of fused-ring (bicyclic) bond motifs is 14. The summed E-state index contributed by atoms with van der Waals surface area (Å²) >= 11 is 14.1. The molecule has 29 nitrogen and oxygen atoms in total. The molecule has 2 unspecified atom stereocenters.